The topological polar surface area (TPSA) is 48.5 Å². The van der Waals surface area contributed by atoms with Gasteiger partial charge in [-0.05, 0) is 111 Å². The van der Waals surface area contributed by atoms with E-state index in [4.69, 9.17) is 40.6 Å². The summed E-state index contributed by atoms with van der Waals surface area (Å²) >= 11 is 0. The lowest BCUT2D eigenvalue weighted by molar-refractivity contribution is 0.953. The van der Waals surface area contributed by atoms with Crippen LogP contribution in [-0.4, -0.2) is 24.1 Å². The third-order valence-electron chi connectivity index (χ3n) is 14.3. The molecular weight excluding hydrogens is 923 g/mol. The molecule has 0 saturated carbocycles. The third kappa shape index (κ3) is 7.49. The van der Waals surface area contributed by atoms with Gasteiger partial charge < -0.3 is 4.57 Å². The van der Waals surface area contributed by atoms with Crippen molar-refractivity contribution in [1.29, 1.82) is 0 Å². The van der Waals surface area contributed by atoms with Crippen LogP contribution in [0.2, 0.25) is 0 Å². The second-order valence-corrected chi connectivity index (χ2v) is 18.5. The third-order valence-corrected chi connectivity index (χ3v) is 14.3. The van der Waals surface area contributed by atoms with E-state index in [0.717, 1.165) is 105 Å². The monoisotopic (exact) mass is 963 g/mol. The molecule has 0 aliphatic heterocycles. The van der Waals surface area contributed by atoms with Crippen LogP contribution in [0.15, 0.2) is 224 Å². The van der Waals surface area contributed by atoms with E-state index < -0.39 is 0 Å². The summed E-state index contributed by atoms with van der Waals surface area (Å²) in [4.78, 5) is 15.2. The smallest absolute Gasteiger partial charge is 0.238 e. The fourth-order valence-corrected chi connectivity index (χ4v) is 10.8. The molecule has 0 bridgehead atoms. The van der Waals surface area contributed by atoms with Gasteiger partial charge in [0.2, 0.25) is 5.95 Å². The highest BCUT2D eigenvalue weighted by Gasteiger charge is 2.21. The van der Waals surface area contributed by atoms with Gasteiger partial charge in [-0.2, -0.15) is 9.97 Å². The Balaban J connectivity index is 0.928. The molecule has 350 valence electrons. The Labute approximate surface area is 440 Å². The van der Waals surface area contributed by atoms with Crippen LogP contribution in [0.25, 0.3) is 123 Å². The fraction of sp³-hybridized carbons (Fsp3) is 0. The molecular formula is C71H41N5. The molecule has 0 N–H and O–H groups in total. The predicted octanol–water partition coefficient (Wildman–Crippen LogP) is 16.0. The van der Waals surface area contributed by atoms with Crippen molar-refractivity contribution >= 4 is 43.6 Å². The highest BCUT2D eigenvalue weighted by Crippen LogP contribution is 2.42. The van der Waals surface area contributed by atoms with Gasteiger partial charge in [0.25, 0.3) is 0 Å². The van der Waals surface area contributed by atoms with Gasteiger partial charge in [0, 0.05) is 60.6 Å². The first-order chi connectivity index (χ1) is 37.5. The average molecular weight is 964 g/mol. The summed E-state index contributed by atoms with van der Waals surface area (Å²) < 4.78 is 4.51. The van der Waals surface area contributed by atoms with Crippen LogP contribution in [0.3, 0.4) is 0 Å². The van der Waals surface area contributed by atoms with Crippen molar-refractivity contribution in [2.75, 3.05) is 0 Å². The molecule has 0 atom stereocenters. The number of hydrogen-bond acceptors (Lipinski definition) is 3. The Bertz CT molecular complexity index is 4620. The number of benzene rings is 10. The van der Waals surface area contributed by atoms with E-state index in [1.807, 2.05) is 97.1 Å². The molecule has 0 radical (unpaired) electrons. The number of fused-ring (bicyclic) bond motifs is 6. The lowest BCUT2D eigenvalue weighted by Crippen LogP contribution is -2.06. The van der Waals surface area contributed by atoms with Crippen molar-refractivity contribution in [3.05, 3.63) is 247 Å². The number of terminal acetylenes is 4. The maximum Gasteiger partial charge on any atom is 0.238 e. The number of hydrogen-bond donors (Lipinski definition) is 0. The summed E-state index contributed by atoms with van der Waals surface area (Å²) in [5.74, 6) is 13.1. The van der Waals surface area contributed by atoms with Crippen LogP contribution >= 0.6 is 0 Å². The first-order valence-electron chi connectivity index (χ1n) is 24.8. The van der Waals surface area contributed by atoms with Crippen molar-refractivity contribution in [1.82, 2.24) is 24.1 Å². The first kappa shape index (κ1) is 45.0. The predicted molar refractivity (Wildman–Crippen MR) is 313 cm³/mol. The van der Waals surface area contributed by atoms with E-state index in [9.17, 15) is 0 Å². The standard InChI is InChI=1S/C71H41N5/c1-5-46-26-20-32-57(55(46)7-3)59-39-36-51(43-62(59)58-33-21-27-47(6-2)56(58)8-4)50-28-19-29-54(42-50)75-65-34-17-15-30-60(65)63-44-52(37-40-67(63)75)53-38-41-68-64(45-53)61-31-16-18-35-66(61)76(68)71-73-69(48-22-11-9-12-23-48)72-70(74-71)49-24-13-10-14-25-49/h1-4,9-45H. The maximum absolute atomic E-state index is 6.20. The molecule has 0 unspecified atom stereocenters. The maximum atomic E-state index is 6.20. The lowest BCUT2D eigenvalue weighted by atomic mass is 9.85. The van der Waals surface area contributed by atoms with Gasteiger partial charge in [-0.3, -0.25) is 4.57 Å². The highest BCUT2D eigenvalue weighted by molar-refractivity contribution is 6.13. The van der Waals surface area contributed by atoms with Gasteiger partial charge in [0.15, 0.2) is 11.6 Å². The zero-order valence-electron chi connectivity index (χ0n) is 40.9. The van der Waals surface area contributed by atoms with Crippen LogP contribution in [0.5, 0.6) is 0 Å². The molecule has 0 aliphatic rings. The molecule has 3 aromatic heterocycles. The molecule has 3 heterocycles. The molecule has 13 aromatic rings. The molecule has 5 heteroatoms. The molecule has 0 spiro atoms. The van der Waals surface area contributed by atoms with Crippen molar-refractivity contribution in [2.45, 2.75) is 0 Å². The Morgan fingerprint density at radius 2 is 0.737 bits per heavy atom. The molecule has 76 heavy (non-hydrogen) atoms. The van der Waals surface area contributed by atoms with Crippen LogP contribution in [-0.2, 0) is 0 Å². The summed E-state index contributed by atoms with van der Waals surface area (Å²) in [7, 11) is 0. The van der Waals surface area contributed by atoms with E-state index in [1.165, 1.54) is 0 Å². The molecule has 0 amide bonds. The van der Waals surface area contributed by atoms with Crippen molar-refractivity contribution < 1.29 is 0 Å². The summed E-state index contributed by atoms with van der Waals surface area (Å²) in [6, 6.07) is 77.4. The quantitative estimate of drug-likeness (QED) is 0.143. The minimum Gasteiger partial charge on any atom is -0.309 e. The SMILES string of the molecule is C#Cc1cccc(-c2ccc(-c3cccc(-n4c5ccccc5c5cc(-c6ccc7c(c6)c6ccccc6n7-c6nc(-c7ccccc7)nc(-c7ccccc7)n6)ccc54)c3)cc2-c2cccc(C#C)c2C#C)c1C#C. The highest BCUT2D eigenvalue weighted by atomic mass is 15.2. The fourth-order valence-electron chi connectivity index (χ4n) is 10.8. The van der Waals surface area contributed by atoms with Gasteiger partial charge in [0.05, 0.1) is 22.1 Å². The molecule has 0 aliphatic carbocycles. The summed E-state index contributed by atoms with van der Waals surface area (Å²) in [6.07, 6.45) is 24.3. The van der Waals surface area contributed by atoms with Gasteiger partial charge in [0.1, 0.15) is 0 Å². The Kier molecular flexibility index (Phi) is 11.0. The summed E-state index contributed by atoms with van der Waals surface area (Å²) in [5.41, 5.74) is 17.3. The summed E-state index contributed by atoms with van der Waals surface area (Å²) in [5, 5.41) is 4.51. The second-order valence-electron chi connectivity index (χ2n) is 18.5. The van der Waals surface area contributed by atoms with Gasteiger partial charge in [-0.1, -0.05) is 181 Å². The summed E-state index contributed by atoms with van der Waals surface area (Å²) in [6.45, 7) is 0. The van der Waals surface area contributed by atoms with Crippen molar-refractivity contribution in [3.63, 3.8) is 0 Å². The van der Waals surface area contributed by atoms with Crippen molar-refractivity contribution in [3.8, 4) is 128 Å². The van der Waals surface area contributed by atoms with E-state index in [-0.39, 0.29) is 0 Å². The number of rotatable bonds is 8. The lowest BCUT2D eigenvalue weighted by Gasteiger charge is -2.17. The number of para-hydroxylation sites is 2. The zero-order chi connectivity index (χ0) is 51.3. The van der Waals surface area contributed by atoms with E-state index >= 15 is 0 Å². The van der Waals surface area contributed by atoms with E-state index in [0.29, 0.717) is 39.9 Å². The largest absolute Gasteiger partial charge is 0.309 e. The molecule has 13 rings (SSSR count). The van der Waals surface area contributed by atoms with Gasteiger partial charge in [-0.15, -0.1) is 25.7 Å². The molecule has 10 aromatic carbocycles. The Morgan fingerprint density at radius 3 is 1.30 bits per heavy atom. The van der Waals surface area contributed by atoms with E-state index in [1.54, 1.807) is 0 Å². The normalized spacial score (nSPS) is 11.1. The second kappa shape index (κ2) is 18.6. The minimum atomic E-state index is 0.556. The Morgan fingerprint density at radius 1 is 0.289 bits per heavy atom. The zero-order valence-corrected chi connectivity index (χ0v) is 40.9. The number of nitrogens with zero attached hydrogens (tertiary/aromatic N) is 5. The van der Waals surface area contributed by atoms with E-state index in [2.05, 4.69) is 160 Å². The van der Waals surface area contributed by atoms with Crippen LogP contribution in [0.1, 0.15) is 22.3 Å². The van der Waals surface area contributed by atoms with Gasteiger partial charge in [-0.25, -0.2) is 4.98 Å². The molecule has 0 saturated heterocycles. The van der Waals surface area contributed by atoms with Gasteiger partial charge >= 0.3 is 0 Å². The first-order valence-corrected chi connectivity index (χ1v) is 24.8. The molecule has 0 fully saturated rings. The molecule has 5 nitrogen and oxygen atoms in total. The van der Waals surface area contributed by atoms with Crippen LogP contribution in [0, 0.1) is 49.4 Å². The van der Waals surface area contributed by atoms with Crippen LogP contribution < -0.4 is 0 Å². The van der Waals surface area contributed by atoms with Crippen LogP contribution in [0.4, 0.5) is 0 Å². The van der Waals surface area contributed by atoms with Crippen molar-refractivity contribution in [2.24, 2.45) is 0 Å². The minimum absolute atomic E-state index is 0.556. The number of aromatic nitrogens is 5. The average Bonchev–Trinajstić information content (AvgIpc) is 4.07. The Hall–Kier alpha value is -11.0.